The molecular formula is C43H54N6O5S. The average Bonchev–Trinajstić information content (AvgIpc) is 3.84. The van der Waals surface area contributed by atoms with E-state index in [1.54, 1.807) is 16.0 Å². The highest BCUT2D eigenvalue weighted by atomic mass is 32.1. The molecule has 5 atom stereocenters. The number of likely N-dealkylation sites (tertiary alicyclic amines) is 2. The van der Waals surface area contributed by atoms with Gasteiger partial charge in [0.05, 0.1) is 34.3 Å². The number of carbonyl (C=O) groups excluding carboxylic acids is 2. The highest BCUT2D eigenvalue weighted by Crippen LogP contribution is 2.39. The van der Waals surface area contributed by atoms with Gasteiger partial charge in [-0.25, -0.2) is 19.6 Å². The van der Waals surface area contributed by atoms with Crippen LogP contribution in [-0.2, 0) is 14.2 Å². The Kier molecular flexibility index (Phi) is 11.7. The molecule has 292 valence electrons. The Balaban J connectivity index is 1.17. The predicted molar refractivity (Wildman–Crippen MR) is 218 cm³/mol. The Hall–Kier alpha value is -4.73. The van der Waals surface area contributed by atoms with E-state index in [2.05, 4.69) is 40.3 Å². The van der Waals surface area contributed by atoms with E-state index in [0.717, 1.165) is 51.2 Å². The largest absolute Gasteiger partial charge is 0.444 e. The second kappa shape index (κ2) is 16.2. The standard InChI is InChI=1S/C43H54N6O5S/c1-10-52-25-31-21-32(39(55)49(24-27(31)3)41(51)54-43(7,8)9)37-45-33-18-15-29(20-34(33)46-37)12-11-28-13-16-30(17-14-28)35-22-44-38(47-35)36-19-26(2)23-48(36)40(50)53-42(4,5)6/h13-18,20,22,27,31-32,36,39,55H,2,10,19,21,23-25H2,1,3-9H3,(H,44,47)(H,45,46). The van der Waals surface area contributed by atoms with Crippen LogP contribution in [0.3, 0.4) is 0 Å². The fraction of sp³-hybridized carbons (Fsp3) is 0.488. The molecule has 5 unspecified atom stereocenters. The van der Waals surface area contributed by atoms with Crippen molar-refractivity contribution in [1.82, 2.24) is 29.7 Å². The van der Waals surface area contributed by atoms with Crippen LogP contribution in [-0.4, -0.2) is 84.8 Å². The summed E-state index contributed by atoms with van der Waals surface area (Å²) in [5.74, 6) is 8.29. The van der Waals surface area contributed by atoms with E-state index in [0.29, 0.717) is 38.5 Å². The zero-order valence-electron chi connectivity index (χ0n) is 33.2. The Morgan fingerprint density at radius 3 is 2.27 bits per heavy atom. The molecule has 2 aliphatic rings. The summed E-state index contributed by atoms with van der Waals surface area (Å²) in [6, 6.07) is 13.7. The number of ether oxygens (including phenoxy) is 3. The monoisotopic (exact) mass is 766 g/mol. The van der Waals surface area contributed by atoms with Gasteiger partial charge >= 0.3 is 12.2 Å². The summed E-state index contributed by atoms with van der Waals surface area (Å²) in [6.45, 7) is 21.7. The first-order valence-corrected chi connectivity index (χ1v) is 19.6. The lowest BCUT2D eigenvalue weighted by atomic mass is 9.87. The number of rotatable bonds is 6. The van der Waals surface area contributed by atoms with Crippen molar-refractivity contribution in [3.05, 3.63) is 83.6 Å². The van der Waals surface area contributed by atoms with Gasteiger partial charge in [0, 0.05) is 43.3 Å². The molecule has 2 amide bonds. The van der Waals surface area contributed by atoms with Crippen LogP contribution in [0.4, 0.5) is 9.59 Å². The van der Waals surface area contributed by atoms with Crippen molar-refractivity contribution in [1.29, 1.82) is 0 Å². The minimum atomic E-state index is -0.622. The third kappa shape index (κ3) is 9.75. The number of carbonyl (C=O) groups is 2. The SMILES string of the molecule is C=C1CC(c2ncc(-c3ccc(C#Cc4ccc5nc(C6CC(COCC)C(C)CN(C(=O)OC(C)(C)C)C6S)[nH]c5c4)cc3)[nH]2)N(C(=O)OC(C)(C)C)C1. The summed E-state index contributed by atoms with van der Waals surface area (Å²) in [6.07, 6.45) is 2.43. The summed E-state index contributed by atoms with van der Waals surface area (Å²) in [7, 11) is 0. The summed E-state index contributed by atoms with van der Waals surface area (Å²) in [4.78, 5) is 46.3. The maximum absolute atomic E-state index is 13.4. The second-order valence-electron chi connectivity index (χ2n) is 16.7. The van der Waals surface area contributed by atoms with E-state index < -0.39 is 16.6 Å². The third-order valence-corrected chi connectivity index (χ3v) is 10.5. The van der Waals surface area contributed by atoms with Crippen molar-refractivity contribution in [2.75, 3.05) is 26.3 Å². The van der Waals surface area contributed by atoms with E-state index in [1.165, 1.54) is 0 Å². The van der Waals surface area contributed by atoms with Gasteiger partial charge in [0.25, 0.3) is 0 Å². The molecule has 0 saturated carbocycles. The van der Waals surface area contributed by atoms with Crippen molar-refractivity contribution in [2.45, 2.75) is 96.8 Å². The normalized spacial score (nSPS) is 22.0. The fourth-order valence-corrected chi connectivity index (χ4v) is 7.54. The molecule has 2 fully saturated rings. The first-order chi connectivity index (χ1) is 26.0. The van der Waals surface area contributed by atoms with Crippen LogP contribution in [0.1, 0.15) is 103 Å². The number of fused-ring (bicyclic) bond motifs is 1. The molecule has 0 spiro atoms. The van der Waals surface area contributed by atoms with E-state index in [-0.39, 0.29) is 36.0 Å². The molecule has 55 heavy (non-hydrogen) atoms. The molecule has 4 heterocycles. The number of aromatic amines is 2. The molecular weight excluding hydrogens is 713 g/mol. The number of thiol groups is 1. The van der Waals surface area contributed by atoms with Crippen molar-refractivity contribution in [2.24, 2.45) is 11.8 Å². The van der Waals surface area contributed by atoms with Crippen LogP contribution in [0.15, 0.2) is 60.8 Å². The molecule has 0 bridgehead atoms. The molecule has 11 nitrogen and oxygen atoms in total. The highest BCUT2D eigenvalue weighted by molar-refractivity contribution is 7.81. The lowest BCUT2D eigenvalue weighted by Gasteiger charge is -2.33. The van der Waals surface area contributed by atoms with E-state index in [4.69, 9.17) is 31.8 Å². The number of benzene rings is 2. The minimum Gasteiger partial charge on any atom is -0.444 e. The van der Waals surface area contributed by atoms with Crippen LogP contribution in [0.25, 0.3) is 22.3 Å². The maximum atomic E-state index is 13.4. The molecule has 0 radical (unpaired) electrons. The average molecular weight is 767 g/mol. The summed E-state index contributed by atoms with van der Waals surface area (Å²) >= 11 is 5.02. The van der Waals surface area contributed by atoms with E-state index in [9.17, 15) is 9.59 Å². The molecule has 2 aromatic heterocycles. The zero-order valence-corrected chi connectivity index (χ0v) is 34.1. The maximum Gasteiger partial charge on any atom is 0.411 e. The van der Waals surface area contributed by atoms with Crippen molar-refractivity contribution in [3.63, 3.8) is 0 Å². The Labute approximate surface area is 330 Å². The lowest BCUT2D eigenvalue weighted by Crippen LogP contribution is -2.44. The van der Waals surface area contributed by atoms with Gasteiger partial charge in [-0.15, -0.1) is 0 Å². The fourth-order valence-electron chi connectivity index (χ4n) is 7.09. The zero-order chi connectivity index (χ0) is 39.7. The number of hydrogen-bond acceptors (Lipinski definition) is 8. The molecule has 2 N–H and O–H groups in total. The van der Waals surface area contributed by atoms with Crippen LogP contribution in [0, 0.1) is 23.7 Å². The Morgan fingerprint density at radius 2 is 1.60 bits per heavy atom. The van der Waals surface area contributed by atoms with Crippen molar-refractivity contribution < 1.29 is 23.8 Å². The number of nitrogens with zero attached hydrogens (tertiary/aromatic N) is 4. The molecule has 2 aromatic carbocycles. The van der Waals surface area contributed by atoms with Gasteiger partial charge in [-0.05, 0) is 109 Å². The van der Waals surface area contributed by atoms with Gasteiger partial charge in [0.15, 0.2) is 0 Å². The quantitative estimate of drug-likeness (QED) is 0.102. The number of imidazole rings is 2. The number of H-pyrrole nitrogens is 2. The summed E-state index contributed by atoms with van der Waals surface area (Å²) < 4.78 is 17.3. The number of nitrogens with one attached hydrogen (secondary N) is 2. The molecule has 0 aliphatic carbocycles. The van der Waals surface area contributed by atoms with Gasteiger partial charge in [0.1, 0.15) is 22.9 Å². The Bertz CT molecular complexity index is 2080. The molecule has 2 aliphatic heterocycles. The van der Waals surface area contributed by atoms with Crippen molar-refractivity contribution >= 4 is 35.8 Å². The first kappa shape index (κ1) is 39.9. The van der Waals surface area contributed by atoms with Crippen LogP contribution in [0.5, 0.6) is 0 Å². The van der Waals surface area contributed by atoms with Crippen LogP contribution < -0.4 is 0 Å². The molecule has 4 aromatic rings. The second-order valence-corrected chi connectivity index (χ2v) is 17.3. The smallest absolute Gasteiger partial charge is 0.411 e. The predicted octanol–water partition coefficient (Wildman–Crippen LogP) is 8.86. The minimum absolute atomic E-state index is 0.167. The van der Waals surface area contributed by atoms with Gasteiger partial charge in [0.2, 0.25) is 0 Å². The number of hydrogen-bond donors (Lipinski definition) is 3. The molecule has 2 saturated heterocycles. The van der Waals surface area contributed by atoms with E-state index >= 15 is 0 Å². The van der Waals surface area contributed by atoms with Gasteiger partial charge in [-0.2, -0.15) is 12.6 Å². The van der Waals surface area contributed by atoms with Crippen LogP contribution in [0.2, 0.25) is 0 Å². The van der Waals surface area contributed by atoms with Crippen molar-refractivity contribution in [3.8, 4) is 23.1 Å². The molecule has 6 rings (SSSR count). The molecule has 12 heteroatoms. The number of amides is 2. The van der Waals surface area contributed by atoms with E-state index in [1.807, 2.05) is 90.9 Å². The first-order valence-electron chi connectivity index (χ1n) is 19.1. The van der Waals surface area contributed by atoms with Crippen LogP contribution >= 0.6 is 12.6 Å². The lowest BCUT2D eigenvalue weighted by molar-refractivity contribution is 0.0186. The van der Waals surface area contributed by atoms with Gasteiger partial charge in [-0.1, -0.05) is 43.0 Å². The summed E-state index contributed by atoms with van der Waals surface area (Å²) in [5, 5.41) is -0.435. The van der Waals surface area contributed by atoms with Gasteiger partial charge < -0.3 is 24.2 Å². The third-order valence-electron chi connectivity index (χ3n) is 9.88. The highest BCUT2D eigenvalue weighted by Gasteiger charge is 2.41. The number of aromatic nitrogens is 4. The van der Waals surface area contributed by atoms with Gasteiger partial charge in [-0.3, -0.25) is 9.80 Å². The summed E-state index contributed by atoms with van der Waals surface area (Å²) in [5.41, 5.74) is 4.96. The Morgan fingerprint density at radius 1 is 0.945 bits per heavy atom. The topological polar surface area (TPSA) is 126 Å².